The number of aryl methyl sites for hydroxylation is 1. The predicted molar refractivity (Wildman–Crippen MR) is 84.4 cm³/mol. The lowest BCUT2D eigenvalue weighted by Gasteiger charge is -2.08. The zero-order chi connectivity index (χ0) is 16.4. The summed E-state index contributed by atoms with van der Waals surface area (Å²) in [7, 11) is 0. The number of nitrogens with zero attached hydrogens (tertiary/aromatic N) is 4. The van der Waals surface area contributed by atoms with Crippen LogP contribution < -0.4 is 5.32 Å². The van der Waals surface area contributed by atoms with Crippen LogP contribution >= 0.6 is 0 Å². The fourth-order valence-corrected chi connectivity index (χ4v) is 2.85. The molecule has 0 unspecified atom stereocenters. The molecular weight excluding hydrogens is 310 g/mol. The van der Waals surface area contributed by atoms with E-state index < -0.39 is 0 Å². The fourth-order valence-electron chi connectivity index (χ4n) is 2.85. The van der Waals surface area contributed by atoms with Crippen molar-refractivity contribution in [1.29, 1.82) is 0 Å². The first kappa shape index (κ1) is 15.3. The molecule has 8 nitrogen and oxygen atoms in total. The number of aromatic nitrogens is 4. The van der Waals surface area contributed by atoms with Crippen LogP contribution in [0.4, 0.5) is 5.69 Å². The Morgan fingerprint density at radius 2 is 2.29 bits per heavy atom. The van der Waals surface area contributed by atoms with Crippen LogP contribution in [0, 0.1) is 0 Å². The monoisotopic (exact) mass is 331 g/mol. The molecule has 0 aromatic carbocycles. The van der Waals surface area contributed by atoms with E-state index in [0.717, 1.165) is 44.7 Å². The number of ether oxygens (including phenoxy) is 1. The molecule has 1 aliphatic carbocycles. The standard InChI is InChI=1S/C16H21N5O3/c22-14(5-6-15-19-16(20-24-15)11-3-4-11)18-12-8-17-21(9-12)10-13-2-1-7-23-13/h8-9,11,13H,1-7,10H2,(H,18,22)/t13-/m0/s1. The molecule has 0 bridgehead atoms. The molecular formula is C16H21N5O3. The van der Waals surface area contributed by atoms with Crippen LogP contribution in [-0.4, -0.2) is 38.5 Å². The lowest BCUT2D eigenvalue weighted by atomic mass is 10.2. The Balaban J connectivity index is 1.23. The zero-order valence-electron chi connectivity index (χ0n) is 13.5. The Hall–Kier alpha value is -2.22. The van der Waals surface area contributed by atoms with E-state index in [4.69, 9.17) is 9.26 Å². The van der Waals surface area contributed by atoms with Gasteiger partial charge >= 0.3 is 0 Å². The average Bonchev–Trinajstić information content (AvgIpc) is 2.98. The van der Waals surface area contributed by atoms with Gasteiger partial charge < -0.3 is 14.6 Å². The molecule has 4 rings (SSSR count). The Morgan fingerprint density at radius 3 is 3.08 bits per heavy atom. The normalized spacial score (nSPS) is 20.4. The largest absolute Gasteiger partial charge is 0.376 e. The van der Waals surface area contributed by atoms with Crippen molar-refractivity contribution in [1.82, 2.24) is 19.9 Å². The van der Waals surface area contributed by atoms with Gasteiger partial charge in [0, 0.05) is 31.6 Å². The van der Waals surface area contributed by atoms with Gasteiger partial charge in [0.15, 0.2) is 5.82 Å². The van der Waals surface area contributed by atoms with Crippen LogP contribution in [0.1, 0.15) is 49.7 Å². The van der Waals surface area contributed by atoms with Crippen LogP contribution in [0.5, 0.6) is 0 Å². The van der Waals surface area contributed by atoms with E-state index in [1.807, 2.05) is 10.9 Å². The van der Waals surface area contributed by atoms with E-state index in [-0.39, 0.29) is 12.0 Å². The molecule has 1 aliphatic heterocycles. The number of anilines is 1. The van der Waals surface area contributed by atoms with Crippen molar-refractivity contribution >= 4 is 11.6 Å². The van der Waals surface area contributed by atoms with Gasteiger partial charge in [0.2, 0.25) is 11.8 Å². The van der Waals surface area contributed by atoms with Crippen LogP contribution in [0.25, 0.3) is 0 Å². The lowest BCUT2D eigenvalue weighted by Crippen LogP contribution is -2.15. The number of nitrogens with one attached hydrogen (secondary N) is 1. The summed E-state index contributed by atoms with van der Waals surface area (Å²) in [6.45, 7) is 1.55. The Kier molecular flexibility index (Phi) is 4.29. The molecule has 24 heavy (non-hydrogen) atoms. The molecule has 1 N–H and O–H groups in total. The van der Waals surface area contributed by atoms with E-state index >= 15 is 0 Å². The number of hydrogen-bond acceptors (Lipinski definition) is 6. The maximum absolute atomic E-state index is 12.0. The lowest BCUT2D eigenvalue weighted by molar-refractivity contribution is -0.116. The number of amides is 1. The number of carbonyl (C=O) groups is 1. The van der Waals surface area contributed by atoms with Crippen LogP contribution in [0.15, 0.2) is 16.9 Å². The minimum atomic E-state index is -0.0853. The van der Waals surface area contributed by atoms with Gasteiger partial charge in [0.1, 0.15) is 0 Å². The zero-order valence-corrected chi connectivity index (χ0v) is 13.5. The minimum Gasteiger partial charge on any atom is -0.376 e. The van der Waals surface area contributed by atoms with Crippen molar-refractivity contribution in [3.8, 4) is 0 Å². The van der Waals surface area contributed by atoms with E-state index in [0.29, 0.717) is 30.3 Å². The first-order valence-electron chi connectivity index (χ1n) is 8.52. The van der Waals surface area contributed by atoms with Crippen LogP contribution in [0.2, 0.25) is 0 Å². The van der Waals surface area contributed by atoms with Crippen molar-refractivity contribution in [3.05, 3.63) is 24.1 Å². The second-order valence-electron chi connectivity index (χ2n) is 6.45. The molecule has 1 saturated heterocycles. The second kappa shape index (κ2) is 6.72. The molecule has 1 atom stereocenters. The van der Waals surface area contributed by atoms with Gasteiger partial charge in [0.05, 0.1) is 24.5 Å². The minimum absolute atomic E-state index is 0.0853. The molecule has 128 valence electrons. The first-order chi connectivity index (χ1) is 11.8. The van der Waals surface area contributed by atoms with Crippen molar-refractivity contribution in [2.45, 2.75) is 57.1 Å². The third kappa shape index (κ3) is 3.81. The highest BCUT2D eigenvalue weighted by Gasteiger charge is 2.28. The van der Waals surface area contributed by atoms with Gasteiger partial charge in [-0.3, -0.25) is 9.48 Å². The number of hydrogen-bond donors (Lipinski definition) is 1. The van der Waals surface area contributed by atoms with Crippen molar-refractivity contribution in [3.63, 3.8) is 0 Å². The highest BCUT2D eigenvalue weighted by Crippen LogP contribution is 2.38. The molecule has 0 spiro atoms. The Labute approximate surface area is 139 Å². The van der Waals surface area contributed by atoms with E-state index in [9.17, 15) is 4.79 Å². The van der Waals surface area contributed by atoms with Gasteiger partial charge in [0.25, 0.3) is 0 Å². The molecule has 2 aliphatic rings. The van der Waals surface area contributed by atoms with Gasteiger partial charge in [-0.05, 0) is 25.7 Å². The molecule has 2 aromatic rings. The quantitative estimate of drug-likeness (QED) is 0.832. The second-order valence-corrected chi connectivity index (χ2v) is 6.45. The molecule has 1 saturated carbocycles. The summed E-state index contributed by atoms with van der Waals surface area (Å²) in [6.07, 6.45) is 8.92. The highest BCUT2D eigenvalue weighted by molar-refractivity contribution is 5.90. The summed E-state index contributed by atoms with van der Waals surface area (Å²) in [5.74, 6) is 1.69. The Bertz CT molecular complexity index is 700. The molecule has 1 amide bonds. The van der Waals surface area contributed by atoms with Gasteiger partial charge in [-0.2, -0.15) is 10.1 Å². The molecule has 2 fully saturated rings. The number of carbonyl (C=O) groups excluding carboxylic acids is 1. The summed E-state index contributed by atoms with van der Waals surface area (Å²) in [4.78, 5) is 16.4. The topological polar surface area (TPSA) is 95.1 Å². The van der Waals surface area contributed by atoms with Crippen molar-refractivity contribution in [2.24, 2.45) is 0 Å². The van der Waals surface area contributed by atoms with Gasteiger partial charge in [-0.15, -0.1) is 0 Å². The predicted octanol–water partition coefficient (Wildman–Crippen LogP) is 1.89. The highest BCUT2D eigenvalue weighted by atomic mass is 16.5. The third-order valence-corrected chi connectivity index (χ3v) is 4.32. The average molecular weight is 331 g/mol. The number of rotatable bonds is 7. The van der Waals surface area contributed by atoms with Crippen molar-refractivity contribution < 1.29 is 14.1 Å². The van der Waals surface area contributed by atoms with E-state index in [2.05, 4.69) is 20.6 Å². The first-order valence-corrected chi connectivity index (χ1v) is 8.52. The van der Waals surface area contributed by atoms with Gasteiger partial charge in [-0.25, -0.2) is 0 Å². The molecule has 8 heteroatoms. The van der Waals surface area contributed by atoms with E-state index in [1.165, 1.54) is 0 Å². The summed E-state index contributed by atoms with van der Waals surface area (Å²) < 4.78 is 12.6. The molecule has 3 heterocycles. The van der Waals surface area contributed by atoms with E-state index in [1.54, 1.807) is 6.20 Å². The molecule has 0 radical (unpaired) electrons. The maximum atomic E-state index is 12.0. The van der Waals surface area contributed by atoms with Crippen LogP contribution in [0.3, 0.4) is 0 Å². The summed E-state index contributed by atoms with van der Waals surface area (Å²) in [6, 6.07) is 0. The fraction of sp³-hybridized carbons (Fsp3) is 0.625. The maximum Gasteiger partial charge on any atom is 0.227 e. The smallest absolute Gasteiger partial charge is 0.227 e. The Morgan fingerprint density at radius 1 is 1.38 bits per heavy atom. The van der Waals surface area contributed by atoms with Crippen LogP contribution in [-0.2, 0) is 22.5 Å². The van der Waals surface area contributed by atoms with Gasteiger partial charge in [-0.1, -0.05) is 5.16 Å². The summed E-state index contributed by atoms with van der Waals surface area (Å²) in [5, 5.41) is 11.1. The van der Waals surface area contributed by atoms with Crippen molar-refractivity contribution in [2.75, 3.05) is 11.9 Å². The summed E-state index contributed by atoms with van der Waals surface area (Å²) in [5.41, 5.74) is 0.696. The molecule has 2 aromatic heterocycles. The summed E-state index contributed by atoms with van der Waals surface area (Å²) >= 11 is 0. The third-order valence-electron chi connectivity index (χ3n) is 4.32. The SMILES string of the molecule is O=C(CCc1nc(C2CC2)no1)Nc1cnn(C[C@@H]2CCCO2)c1.